The Bertz CT molecular complexity index is 521. The fourth-order valence-corrected chi connectivity index (χ4v) is 2.18. The quantitative estimate of drug-likeness (QED) is 0.892. The molecule has 0 aliphatic carbocycles. The summed E-state index contributed by atoms with van der Waals surface area (Å²) in [5.41, 5.74) is 2.28. The van der Waals surface area contributed by atoms with E-state index in [1.807, 2.05) is 19.2 Å². The van der Waals surface area contributed by atoms with Crippen molar-refractivity contribution in [3.63, 3.8) is 0 Å². The number of benzene rings is 1. The molecule has 2 aromatic rings. The summed E-state index contributed by atoms with van der Waals surface area (Å²) in [6.45, 7) is 4.36. The minimum Gasteiger partial charge on any atom is -0.373 e. The van der Waals surface area contributed by atoms with Gasteiger partial charge in [0.15, 0.2) is 0 Å². The third-order valence-electron chi connectivity index (χ3n) is 2.67. The molecule has 1 aromatic heterocycles. The average molecular weight is 279 g/mol. The summed E-state index contributed by atoms with van der Waals surface area (Å²) in [5.74, 6) is 1.45. The van der Waals surface area contributed by atoms with Crippen LogP contribution in [0.2, 0.25) is 0 Å². The summed E-state index contributed by atoms with van der Waals surface area (Å²) >= 11 is 3.49. The Kier molecular flexibility index (Phi) is 3.15. The molecule has 2 rings (SSSR count). The molecule has 3 heteroatoms. The number of rotatable bonds is 2. The molecule has 1 heterocycles. The highest BCUT2D eigenvalue weighted by molar-refractivity contribution is 9.10. The second-order valence-electron chi connectivity index (χ2n) is 4.17. The molecule has 0 atom stereocenters. The predicted octanol–water partition coefficient (Wildman–Crippen LogP) is 4.16. The molecule has 84 valence electrons. The Labute approximate surface area is 104 Å². The van der Waals surface area contributed by atoms with Crippen LogP contribution in [0.3, 0.4) is 0 Å². The van der Waals surface area contributed by atoms with E-state index in [9.17, 15) is 0 Å². The summed E-state index contributed by atoms with van der Waals surface area (Å²) in [5, 5.41) is 4.34. The molecule has 0 saturated carbocycles. The molecule has 0 radical (unpaired) electrons. The number of nitrogens with one attached hydrogen (secondary N) is 1. The van der Waals surface area contributed by atoms with Gasteiger partial charge >= 0.3 is 0 Å². The molecule has 0 spiro atoms. The number of pyridine rings is 1. The van der Waals surface area contributed by atoms with Crippen molar-refractivity contribution in [2.45, 2.75) is 19.8 Å². The minimum absolute atomic E-state index is 0.471. The molecule has 0 aliphatic rings. The first-order valence-corrected chi connectivity index (χ1v) is 6.19. The third kappa shape index (κ3) is 2.05. The summed E-state index contributed by atoms with van der Waals surface area (Å²) in [4.78, 5) is 4.62. The van der Waals surface area contributed by atoms with Gasteiger partial charge in [-0.25, -0.2) is 4.98 Å². The van der Waals surface area contributed by atoms with E-state index in [1.165, 1.54) is 10.9 Å². The number of hydrogen-bond donors (Lipinski definition) is 1. The molecule has 0 aliphatic heterocycles. The molecule has 1 aromatic carbocycles. The van der Waals surface area contributed by atoms with Crippen molar-refractivity contribution in [3.05, 3.63) is 34.3 Å². The van der Waals surface area contributed by atoms with Gasteiger partial charge in [0.2, 0.25) is 0 Å². The average Bonchev–Trinajstić information content (AvgIpc) is 2.27. The topological polar surface area (TPSA) is 24.9 Å². The van der Waals surface area contributed by atoms with E-state index in [-0.39, 0.29) is 0 Å². The van der Waals surface area contributed by atoms with E-state index in [0.29, 0.717) is 5.92 Å². The zero-order valence-corrected chi connectivity index (χ0v) is 11.3. The first-order chi connectivity index (χ1) is 7.61. The smallest absolute Gasteiger partial charge is 0.129 e. The van der Waals surface area contributed by atoms with E-state index in [0.717, 1.165) is 15.8 Å². The van der Waals surface area contributed by atoms with Gasteiger partial charge in [-0.3, -0.25) is 0 Å². The van der Waals surface area contributed by atoms with Crippen LogP contribution in [0.4, 0.5) is 5.82 Å². The van der Waals surface area contributed by atoms with Gasteiger partial charge in [0.1, 0.15) is 5.82 Å². The lowest BCUT2D eigenvalue weighted by Crippen LogP contribution is -2.00. The summed E-state index contributed by atoms with van der Waals surface area (Å²) < 4.78 is 1.09. The van der Waals surface area contributed by atoms with Gasteiger partial charge in [-0.05, 0) is 35.7 Å². The van der Waals surface area contributed by atoms with Crippen LogP contribution in [-0.4, -0.2) is 12.0 Å². The second kappa shape index (κ2) is 4.42. The molecule has 0 fully saturated rings. The van der Waals surface area contributed by atoms with Crippen molar-refractivity contribution in [1.29, 1.82) is 0 Å². The fraction of sp³-hybridized carbons (Fsp3) is 0.308. The largest absolute Gasteiger partial charge is 0.373 e. The molecule has 0 saturated heterocycles. The lowest BCUT2D eigenvalue weighted by Gasteiger charge is -2.13. The third-order valence-corrected chi connectivity index (χ3v) is 3.16. The number of hydrogen-bond acceptors (Lipinski definition) is 2. The van der Waals surface area contributed by atoms with Gasteiger partial charge in [-0.2, -0.15) is 0 Å². The molecule has 16 heavy (non-hydrogen) atoms. The van der Waals surface area contributed by atoms with Crippen molar-refractivity contribution in [2.24, 2.45) is 0 Å². The lowest BCUT2D eigenvalue weighted by atomic mass is 10.0. The maximum Gasteiger partial charge on any atom is 0.129 e. The zero-order valence-electron chi connectivity index (χ0n) is 9.71. The standard InChI is InChI=1S/C13H15BrN2/c1-8(2)11-7-9-6-10(14)4-5-12(9)16-13(11)15-3/h4-8H,1-3H3,(H,15,16). The van der Waals surface area contributed by atoms with Gasteiger partial charge in [-0.15, -0.1) is 0 Å². The fourth-order valence-electron chi connectivity index (χ4n) is 1.80. The van der Waals surface area contributed by atoms with Crippen LogP contribution in [0.1, 0.15) is 25.3 Å². The van der Waals surface area contributed by atoms with Gasteiger partial charge in [0.05, 0.1) is 5.52 Å². The Morgan fingerprint density at radius 1 is 1.25 bits per heavy atom. The predicted molar refractivity (Wildman–Crippen MR) is 73.1 cm³/mol. The molecule has 0 amide bonds. The summed E-state index contributed by atoms with van der Waals surface area (Å²) in [6.07, 6.45) is 0. The maximum atomic E-state index is 4.62. The van der Waals surface area contributed by atoms with Crippen LogP contribution in [-0.2, 0) is 0 Å². The molecule has 0 bridgehead atoms. The second-order valence-corrected chi connectivity index (χ2v) is 5.08. The first-order valence-electron chi connectivity index (χ1n) is 5.39. The SMILES string of the molecule is CNc1nc2ccc(Br)cc2cc1C(C)C. The Morgan fingerprint density at radius 3 is 2.62 bits per heavy atom. The van der Waals surface area contributed by atoms with Crippen LogP contribution >= 0.6 is 15.9 Å². The van der Waals surface area contributed by atoms with Gasteiger partial charge in [0, 0.05) is 16.9 Å². The molecular weight excluding hydrogens is 264 g/mol. The minimum atomic E-state index is 0.471. The molecule has 2 nitrogen and oxygen atoms in total. The van der Waals surface area contributed by atoms with Crippen LogP contribution < -0.4 is 5.32 Å². The van der Waals surface area contributed by atoms with Gasteiger partial charge in [-0.1, -0.05) is 29.8 Å². The van der Waals surface area contributed by atoms with Gasteiger partial charge in [0.25, 0.3) is 0 Å². The molecular formula is C13H15BrN2. The number of nitrogens with zero attached hydrogens (tertiary/aromatic N) is 1. The van der Waals surface area contributed by atoms with Crippen molar-refractivity contribution >= 4 is 32.7 Å². The van der Waals surface area contributed by atoms with Crippen LogP contribution in [0, 0.1) is 0 Å². The van der Waals surface area contributed by atoms with Crippen molar-refractivity contribution < 1.29 is 0 Å². The van der Waals surface area contributed by atoms with E-state index < -0.39 is 0 Å². The van der Waals surface area contributed by atoms with Crippen molar-refractivity contribution in [3.8, 4) is 0 Å². The van der Waals surface area contributed by atoms with Crippen LogP contribution in [0.5, 0.6) is 0 Å². The monoisotopic (exact) mass is 278 g/mol. The lowest BCUT2D eigenvalue weighted by molar-refractivity contribution is 0.864. The van der Waals surface area contributed by atoms with Gasteiger partial charge < -0.3 is 5.32 Å². The van der Waals surface area contributed by atoms with E-state index in [4.69, 9.17) is 0 Å². The van der Waals surface area contributed by atoms with Crippen molar-refractivity contribution in [2.75, 3.05) is 12.4 Å². The van der Waals surface area contributed by atoms with Crippen molar-refractivity contribution in [1.82, 2.24) is 4.98 Å². The summed E-state index contributed by atoms with van der Waals surface area (Å²) in [7, 11) is 1.92. The Hall–Kier alpha value is -1.09. The number of aromatic nitrogens is 1. The van der Waals surface area contributed by atoms with Crippen LogP contribution in [0.15, 0.2) is 28.7 Å². The highest BCUT2D eigenvalue weighted by atomic mass is 79.9. The first kappa shape index (κ1) is 11.4. The zero-order chi connectivity index (χ0) is 11.7. The highest BCUT2D eigenvalue weighted by Gasteiger charge is 2.09. The number of anilines is 1. The Morgan fingerprint density at radius 2 is 2.00 bits per heavy atom. The number of fused-ring (bicyclic) bond motifs is 1. The highest BCUT2D eigenvalue weighted by Crippen LogP contribution is 2.27. The number of halogens is 1. The summed E-state index contributed by atoms with van der Waals surface area (Å²) in [6, 6.07) is 8.37. The molecule has 1 N–H and O–H groups in total. The maximum absolute atomic E-state index is 4.62. The van der Waals surface area contributed by atoms with Crippen LogP contribution in [0.25, 0.3) is 10.9 Å². The van der Waals surface area contributed by atoms with E-state index in [1.54, 1.807) is 0 Å². The van der Waals surface area contributed by atoms with E-state index >= 15 is 0 Å². The molecule has 0 unspecified atom stereocenters. The normalized spacial score (nSPS) is 11.1. The van der Waals surface area contributed by atoms with E-state index in [2.05, 4.69) is 52.2 Å². The Balaban J connectivity index is 2.70.